The number of aromatic nitrogens is 3. The van der Waals surface area contributed by atoms with Gasteiger partial charge in [-0.25, -0.2) is 9.97 Å². The summed E-state index contributed by atoms with van der Waals surface area (Å²) in [5.41, 5.74) is 2.84. The first-order chi connectivity index (χ1) is 17.4. The molecule has 1 amide bonds. The van der Waals surface area contributed by atoms with E-state index in [4.69, 9.17) is 0 Å². The SMILES string of the molecule is COc1ncc(NC(=O)Cc2ccc(-c3cnc4[nH]c(C#CC(C)(C)C)cc4c3)cc2)cc1C(F)(F)F. The Hall–Kier alpha value is -4.32. The molecule has 4 aromatic rings. The van der Waals surface area contributed by atoms with Crippen LogP contribution in [-0.4, -0.2) is 28.0 Å². The largest absolute Gasteiger partial charge is 0.481 e. The van der Waals surface area contributed by atoms with Crippen LogP contribution in [0.25, 0.3) is 22.2 Å². The smallest absolute Gasteiger partial charge is 0.421 e. The van der Waals surface area contributed by atoms with Crippen molar-refractivity contribution in [3.8, 4) is 28.8 Å². The highest BCUT2D eigenvalue weighted by Gasteiger charge is 2.35. The third kappa shape index (κ3) is 6.47. The maximum absolute atomic E-state index is 13.2. The van der Waals surface area contributed by atoms with Gasteiger partial charge in [0.2, 0.25) is 11.8 Å². The molecule has 2 N–H and O–H groups in total. The van der Waals surface area contributed by atoms with E-state index in [-0.39, 0.29) is 17.5 Å². The van der Waals surface area contributed by atoms with Crippen LogP contribution in [-0.2, 0) is 17.4 Å². The molecule has 0 unspecified atom stereocenters. The van der Waals surface area contributed by atoms with Crippen LogP contribution in [0, 0.1) is 17.3 Å². The van der Waals surface area contributed by atoms with E-state index < -0.39 is 23.5 Å². The number of nitrogens with one attached hydrogen (secondary N) is 2. The maximum atomic E-state index is 13.2. The zero-order valence-electron chi connectivity index (χ0n) is 20.7. The molecule has 1 aromatic carbocycles. The molecule has 9 heteroatoms. The molecule has 3 aromatic heterocycles. The first-order valence-corrected chi connectivity index (χ1v) is 11.4. The number of benzene rings is 1. The standard InChI is InChI=1S/C28H25F3N4O2/c1-27(2,3)10-9-21-13-19-12-20(15-32-25(19)35-21)18-7-5-17(6-8-18)11-24(36)34-22-14-23(28(29,30)31)26(37-4)33-16-22/h5-8,12-16H,11H2,1-4H3,(H,32,35)(H,34,36). The Morgan fingerprint density at radius 1 is 1.03 bits per heavy atom. The summed E-state index contributed by atoms with van der Waals surface area (Å²) in [6.07, 6.45) is -1.79. The summed E-state index contributed by atoms with van der Waals surface area (Å²) < 4.78 is 44.3. The van der Waals surface area contributed by atoms with Crippen LogP contribution in [0.1, 0.15) is 37.6 Å². The third-order valence-corrected chi connectivity index (χ3v) is 5.33. The van der Waals surface area contributed by atoms with Crippen LogP contribution in [0.2, 0.25) is 0 Å². The minimum absolute atomic E-state index is 0.0153. The number of methoxy groups -OCH3 is 1. The lowest BCUT2D eigenvalue weighted by atomic mass is 9.98. The fourth-order valence-electron chi connectivity index (χ4n) is 3.59. The Morgan fingerprint density at radius 3 is 2.41 bits per heavy atom. The Morgan fingerprint density at radius 2 is 1.76 bits per heavy atom. The van der Waals surface area contributed by atoms with Gasteiger partial charge in [-0.15, -0.1) is 0 Å². The fraction of sp³-hybridized carbons (Fsp3) is 0.250. The molecule has 0 aliphatic carbocycles. The highest BCUT2D eigenvalue weighted by atomic mass is 19.4. The number of aromatic amines is 1. The van der Waals surface area contributed by atoms with Gasteiger partial charge >= 0.3 is 6.18 Å². The van der Waals surface area contributed by atoms with Crippen molar-refractivity contribution in [3.63, 3.8) is 0 Å². The predicted molar refractivity (Wildman–Crippen MR) is 136 cm³/mol. The maximum Gasteiger partial charge on any atom is 0.421 e. The summed E-state index contributed by atoms with van der Waals surface area (Å²) in [5.74, 6) is 5.32. The lowest BCUT2D eigenvalue weighted by Crippen LogP contribution is -2.16. The quantitative estimate of drug-likeness (QED) is 0.315. The van der Waals surface area contributed by atoms with Gasteiger partial charge in [0.15, 0.2) is 0 Å². The Labute approximate surface area is 212 Å². The number of ether oxygens (including phenoxy) is 1. The van der Waals surface area contributed by atoms with Crippen molar-refractivity contribution in [3.05, 3.63) is 71.7 Å². The van der Waals surface area contributed by atoms with Gasteiger partial charge in [0.1, 0.15) is 11.2 Å². The molecule has 3 heterocycles. The zero-order valence-corrected chi connectivity index (χ0v) is 20.7. The van der Waals surface area contributed by atoms with Crippen molar-refractivity contribution in [1.82, 2.24) is 15.0 Å². The van der Waals surface area contributed by atoms with Crippen molar-refractivity contribution in [1.29, 1.82) is 0 Å². The summed E-state index contributed by atoms with van der Waals surface area (Å²) in [4.78, 5) is 23.8. The second-order valence-electron chi connectivity index (χ2n) is 9.55. The Kier molecular flexibility index (Phi) is 6.94. The lowest BCUT2D eigenvalue weighted by Gasteiger charge is -2.13. The molecule has 0 spiro atoms. The fourth-order valence-corrected chi connectivity index (χ4v) is 3.59. The average Bonchev–Trinajstić information content (AvgIpc) is 3.24. The van der Waals surface area contributed by atoms with Gasteiger partial charge < -0.3 is 15.0 Å². The number of alkyl halides is 3. The van der Waals surface area contributed by atoms with Gasteiger partial charge in [-0.05, 0) is 56.0 Å². The molecule has 0 aliphatic rings. The number of pyridine rings is 2. The number of carbonyl (C=O) groups is 1. The van der Waals surface area contributed by atoms with Crippen LogP contribution >= 0.6 is 0 Å². The molecule has 4 rings (SSSR count). The van der Waals surface area contributed by atoms with E-state index in [9.17, 15) is 18.0 Å². The molecule has 0 atom stereocenters. The summed E-state index contributed by atoms with van der Waals surface area (Å²) in [6, 6.07) is 12.1. The second-order valence-corrected chi connectivity index (χ2v) is 9.55. The molecule has 0 saturated heterocycles. The third-order valence-electron chi connectivity index (χ3n) is 5.33. The molecular formula is C28H25F3N4O2. The van der Waals surface area contributed by atoms with Gasteiger partial charge in [0.25, 0.3) is 0 Å². The summed E-state index contributed by atoms with van der Waals surface area (Å²) in [6.45, 7) is 6.14. The number of rotatable bonds is 5. The summed E-state index contributed by atoms with van der Waals surface area (Å²) >= 11 is 0. The van der Waals surface area contributed by atoms with E-state index in [1.54, 1.807) is 18.3 Å². The van der Waals surface area contributed by atoms with Crippen LogP contribution in [0.3, 0.4) is 0 Å². The zero-order chi connectivity index (χ0) is 26.8. The lowest BCUT2D eigenvalue weighted by molar-refractivity contribution is -0.139. The first kappa shape index (κ1) is 25.8. The number of fused-ring (bicyclic) bond motifs is 1. The molecule has 0 saturated carbocycles. The summed E-state index contributed by atoms with van der Waals surface area (Å²) in [5, 5.41) is 3.40. The van der Waals surface area contributed by atoms with E-state index in [2.05, 4.69) is 36.8 Å². The molecule has 6 nitrogen and oxygen atoms in total. The predicted octanol–water partition coefficient (Wildman–Crippen LogP) is 6.23. The van der Waals surface area contributed by atoms with E-state index in [0.717, 1.165) is 47.2 Å². The molecule has 0 radical (unpaired) electrons. The molecule has 0 fully saturated rings. The minimum Gasteiger partial charge on any atom is -0.481 e. The molecule has 37 heavy (non-hydrogen) atoms. The topological polar surface area (TPSA) is 79.9 Å². The highest BCUT2D eigenvalue weighted by molar-refractivity contribution is 5.92. The van der Waals surface area contributed by atoms with Gasteiger partial charge in [-0.2, -0.15) is 13.2 Å². The second kappa shape index (κ2) is 9.97. The number of H-pyrrole nitrogens is 1. The van der Waals surface area contributed by atoms with Crippen molar-refractivity contribution in [2.75, 3.05) is 12.4 Å². The van der Waals surface area contributed by atoms with Gasteiger partial charge in [0.05, 0.1) is 31.1 Å². The van der Waals surface area contributed by atoms with E-state index in [1.807, 2.05) is 45.0 Å². The van der Waals surface area contributed by atoms with E-state index in [0.29, 0.717) is 5.56 Å². The number of amides is 1. The molecule has 0 aliphatic heterocycles. The van der Waals surface area contributed by atoms with Crippen LogP contribution in [0.4, 0.5) is 18.9 Å². The first-order valence-electron chi connectivity index (χ1n) is 11.4. The van der Waals surface area contributed by atoms with Crippen molar-refractivity contribution in [2.45, 2.75) is 33.4 Å². The number of anilines is 1. The number of carbonyl (C=O) groups excluding carboxylic acids is 1. The highest BCUT2D eigenvalue weighted by Crippen LogP contribution is 2.36. The number of hydrogen-bond acceptors (Lipinski definition) is 4. The van der Waals surface area contributed by atoms with Crippen molar-refractivity contribution in [2.24, 2.45) is 5.41 Å². The molecule has 190 valence electrons. The van der Waals surface area contributed by atoms with Crippen LogP contribution in [0.5, 0.6) is 5.88 Å². The number of nitrogens with zero attached hydrogens (tertiary/aromatic N) is 2. The molecular weight excluding hydrogens is 481 g/mol. The number of halogens is 3. The number of hydrogen-bond donors (Lipinski definition) is 2. The average molecular weight is 507 g/mol. The van der Waals surface area contributed by atoms with E-state index in [1.165, 1.54) is 0 Å². The monoisotopic (exact) mass is 506 g/mol. The normalized spacial score (nSPS) is 11.6. The Bertz CT molecular complexity index is 1510. The van der Waals surface area contributed by atoms with Gasteiger partial charge in [0, 0.05) is 22.6 Å². The van der Waals surface area contributed by atoms with E-state index >= 15 is 0 Å². The molecule has 0 bridgehead atoms. The Balaban J connectivity index is 1.45. The summed E-state index contributed by atoms with van der Waals surface area (Å²) in [7, 11) is 1.10. The van der Waals surface area contributed by atoms with Gasteiger partial charge in [-0.1, -0.05) is 30.2 Å². The van der Waals surface area contributed by atoms with Gasteiger partial charge in [-0.3, -0.25) is 4.79 Å². The van der Waals surface area contributed by atoms with Crippen molar-refractivity contribution < 1.29 is 22.7 Å². The van der Waals surface area contributed by atoms with Crippen LogP contribution in [0.15, 0.2) is 54.9 Å². The van der Waals surface area contributed by atoms with Crippen molar-refractivity contribution >= 4 is 22.6 Å². The minimum atomic E-state index is -4.66. The van der Waals surface area contributed by atoms with Crippen LogP contribution < -0.4 is 10.1 Å².